The molecule has 0 aromatic carbocycles. The molecule has 2 aromatic heterocycles. The highest BCUT2D eigenvalue weighted by molar-refractivity contribution is 5.96. The number of amides is 1. The first-order chi connectivity index (χ1) is 13.8. The van der Waals surface area contributed by atoms with E-state index in [1.165, 1.54) is 18.3 Å². The summed E-state index contributed by atoms with van der Waals surface area (Å²) in [5.41, 5.74) is -0.0619. The zero-order valence-corrected chi connectivity index (χ0v) is 15.9. The van der Waals surface area contributed by atoms with Crippen molar-refractivity contribution in [1.29, 1.82) is 0 Å². The smallest absolute Gasteiger partial charge is 0.422 e. The Morgan fingerprint density at radius 1 is 1.31 bits per heavy atom. The van der Waals surface area contributed by atoms with Crippen molar-refractivity contribution in [3.8, 4) is 5.88 Å². The van der Waals surface area contributed by atoms with Crippen LogP contribution in [0.5, 0.6) is 5.88 Å². The molecule has 0 unspecified atom stereocenters. The molecule has 0 saturated carbocycles. The number of halogens is 3. The normalized spacial score (nSPS) is 16.4. The van der Waals surface area contributed by atoms with Crippen LogP contribution in [0.4, 0.5) is 13.2 Å². The number of carbonyl (C=O) groups is 1. The Labute approximate surface area is 165 Å². The topological polar surface area (TPSA) is 76.8 Å². The lowest BCUT2D eigenvalue weighted by molar-refractivity contribution is -0.154. The second-order valence-electron chi connectivity index (χ2n) is 6.58. The van der Waals surface area contributed by atoms with Gasteiger partial charge in [0.1, 0.15) is 17.1 Å². The van der Waals surface area contributed by atoms with Gasteiger partial charge in [-0.1, -0.05) is 0 Å². The molecule has 0 radical (unpaired) electrons. The number of nitrogens with zero attached hydrogens (tertiary/aromatic N) is 2. The average molecular weight is 413 g/mol. The van der Waals surface area contributed by atoms with Crippen molar-refractivity contribution in [2.75, 3.05) is 39.5 Å². The van der Waals surface area contributed by atoms with E-state index >= 15 is 0 Å². The zero-order chi connectivity index (χ0) is 20.9. The quantitative estimate of drug-likeness (QED) is 0.752. The molecular weight excluding hydrogens is 391 g/mol. The van der Waals surface area contributed by atoms with Gasteiger partial charge in [-0.3, -0.25) is 9.69 Å². The van der Waals surface area contributed by atoms with E-state index in [0.29, 0.717) is 32.1 Å². The van der Waals surface area contributed by atoms with Gasteiger partial charge in [0.25, 0.3) is 5.91 Å². The van der Waals surface area contributed by atoms with Crippen LogP contribution in [0.15, 0.2) is 34.9 Å². The molecule has 1 amide bonds. The van der Waals surface area contributed by atoms with Crippen LogP contribution >= 0.6 is 0 Å². The van der Waals surface area contributed by atoms with Crippen LogP contribution in [0.2, 0.25) is 0 Å². The molecule has 1 N–H and O–H groups in total. The molecule has 3 heterocycles. The van der Waals surface area contributed by atoms with Crippen molar-refractivity contribution >= 4 is 5.91 Å². The average Bonchev–Trinajstić information content (AvgIpc) is 3.13. The summed E-state index contributed by atoms with van der Waals surface area (Å²) in [5, 5.41) is 2.76. The number of ether oxygens (including phenoxy) is 2. The third-order valence-electron chi connectivity index (χ3n) is 4.42. The Morgan fingerprint density at radius 2 is 2.07 bits per heavy atom. The van der Waals surface area contributed by atoms with Crippen LogP contribution in [-0.2, 0) is 4.74 Å². The Morgan fingerprint density at radius 3 is 2.72 bits per heavy atom. The summed E-state index contributed by atoms with van der Waals surface area (Å²) in [6.45, 7) is 3.01. The summed E-state index contributed by atoms with van der Waals surface area (Å²) in [7, 11) is 0. The minimum absolute atomic E-state index is 0.0619. The van der Waals surface area contributed by atoms with Gasteiger partial charge in [0, 0.05) is 25.8 Å². The molecule has 1 saturated heterocycles. The summed E-state index contributed by atoms with van der Waals surface area (Å²) in [6.07, 6.45) is -3.26. The Hall–Kier alpha value is -2.59. The molecule has 1 fully saturated rings. The predicted octanol–water partition coefficient (Wildman–Crippen LogP) is 2.73. The van der Waals surface area contributed by atoms with Gasteiger partial charge in [-0.25, -0.2) is 4.98 Å². The van der Waals surface area contributed by atoms with E-state index in [4.69, 9.17) is 13.9 Å². The number of alkyl halides is 3. The van der Waals surface area contributed by atoms with Crippen molar-refractivity contribution in [2.45, 2.75) is 19.1 Å². The summed E-state index contributed by atoms with van der Waals surface area (Å²) in [4.78, 5) is 18.5. The molecule has 29 heavy (non-hydrogen) atoms. The van der Waals surface area contributed by atoms with E-state index in [1.54, 1.807) is 0 Å². The van der Waals surface area contributed by atoms with Gasteiger partial charge in [-0.05, 0) is 31.2 Å². The fourth-order valence-electron chi connectivity index (χ4n) is 3.04. The molecule has 10 heteroatoms. The molecule has 1 aliphatic heterocycles. The number of pyridine rings is 1. The lowest BCUT2D eigenvalue weighted by Gasteiger charge is -2.33. The molecule has 0 bridgehead atoms. The zero-order valence-electron chi connectivity index (χ0n) is 15.9. The molecule has 3 rings (SSSR count). The van der Waals surface area contributed by atoms with Crippen LogP contribution in [0.25, 0.3) is 0 Å². The Kier molecular flexibility index (Phi) is 6.75. The highest BCUT2D eigenvalue weighted by atomic mass is 19.4. The SMILES string of the molecule is Cc1ccc([C@H](CNC(=O)c2cccnc2OCC(F)(F)F)N2CCOCC2)o1. The van der Waals surface area contributed by atoms with Crippen LogP contribution in [0.3, 0.4) is 0 Å². The largest absolute Gasteiger partial charge is 0.467 e. The number of furan rings is 1. The van der Waals surface area contributed by atoms with Crippen molar-refractivity contribution in [2.24, 2.45) is 0 Å². The first kappa shape index (κ1) is 21.1. The van der Waals surface area contributed by atoms with Crippen LogP contribution in [0, 0.1) is 6.92 Å². The van der Waals surface area contributed by atoms with Crippen LogP contribution < -0.4 is 10.1 Å². The maximum atomic E-state index is 12.6. The summed E-state index contributed by atoms with van der Waals surface area (Å²) in [5.74, 6) is 0.514. The molecule has 7 nitrogen and oxygen atoms in total. The van der Waals surface area contributed by atoms with Gasteiger partial charge in [0.2, 0.25) is 5.88 Å². The standard InChI is InChI=1S/C19H22F3N3O4/c1-13-4-5-16(29-13)15(25-7-9-27-10-8-25)11-24-17(26)14-3-2-6-23-18(14)28-12-19(20,21)22/h2-6,15H,7-12H2,1H3,(H,24,26)/t15-/m0/s1. The fraction of sp³-hybridized carbons (Fsp3) is 0.474. The molecule has 158 valence electrons. The van der Waals surface area contributed by atoms with Gasteiger partial charge in [0.05, 0.1) is 19.3 Å². The maximum Gasteiger partial charge on any atom is 0.422 e. The third-order valence-corrected chi connectivity index (χ3v) is 4.42. The Bertz CT molecular complexity index is 819. The second-order valence-corrected chi connectivity index (χ2v) is 6.58. The highest BCUT2D eigenvalue weighted by Gasteiger charge is 2.30. The van der Waals surface area contributed by atoms with Gasteiger partial charge in [-0.2, -0.15) is 13.2 Å². The number of aryl methyl sites for hydroxylation is 1. The Balaban J connectivity index is 1.70. The molecule has 0 aliphatic carbocycles. The first-order valence-corrected chi connectivity index (χ1v) is 9.14. The lowest BCUT2D eigenvalue weighted by atomic mass is 10.1. The van der Waals surface area contributed by atoms with E-state index in [0.717, 1.165) is 5.76 Å². The summed E-state index contributed by atoms with van der Waals surface area (Å²) < 4.78 is 53.1. The molecular formula is C19H22F3N3O4. The van der Waals surface area contributed by atoms with Crippen molar-refractivity contribution in [1.82, 2.24) is 15.2 Å². The highest BCUT2D eigenvalue weighted by Crippen LogP contribution is 2.24. The molecule has 1 aliphatic rings. The minimum Gasteiger partial charge on any atom is -0.467 e. The minimum atomic E-state index is -4.52. The number of aromatic nitrogens is 1. The van der Waals surface area contributed by atoms with Crippen LogP contribution in [-0.4, -0.2) is 61.4 Å². The van der Waals surface area contributed by atoms with E-state index < -0.39 is 18.7 Å². The van der Waals surface area contributed by atoms with E-state index in [9.17, 15) is 18.0 Å². The number of morpholine rings is 1. The predicted molar refractivity (Wildman–Crippen MR) is 96.7 cm³/mol. The second kappa shape index (κ2) is 9.27. The van der Waals surface area contributed by atoms with E-state index in [1.807, 2.05) is 19.1 Å². The number of hydrogen-bond acceptors (Lipinski definition) is 6. The first-order valence-electron chi connectivity index (χ1n) is 9.14. The number of carbonyl (C=O) groups excluding carboxylic acids is 1. The van der Waals surface area contributed by atoms with Gasteiger partial charge in [0.15, 0.2) is 6.61 Å². The van der Waals surface area contributed by atoms with E-state index in [2.05, 4.69) is 15.2 Å². The monoisotopic (exact) mass is 413 g/mol. The summed E-state index contributed by atoms with van der Waals surface area (Å²) in [6, 6.07) is 6.30. The molecule has 0 spiro atoms. The van der Waals surface area contributed by atoms with Gasteiger partial charge >= 0.3 is 6.18 Å². The van der Waals surface area contributed by atoms with Gasteiger partial charge < -0.3 is 19.2 Å². The molecule has 1 atom stereocenters. The molecule has 2 aromatic rings. The fourth-order valence-corrected chi connectivity index (χ4v) is 3.04. The van der Waals surface area contributed by atoms with Crippen LogP contribution in [0.1, 0.15) is 27.9 Å². The lowest BCUT2D eigenvalue weighted by Crippen LogP contribution is -2.43. The number of nitrogens with one attached hydrogen (secondary N) is 1. The van der Waals surface area contributed by atoms with E-state index in [-0.39, 0.29) is 24.0 Å². The maximum absolute atomic E-state index is 12.6. The number of rotatable bonds is 7. The number of hydrogen-bond donors (Lipinski definition) is 1. The van der Waals surface area contributed by atoms with Gasteiger partial charge in [-0.15, -0.1) is 0 Å². The van der Waals surface area contributed by atoms with Crippen molar-refractivity contribution < 1.29 is 31.9 Å². The van der Waals surface area contributed by atoms with Crippen molar-refractivity contribution in [3.05, 3.63) is 47.5 Å². The summed E-state index contributed by atoms with van der Waals surface area (Å²) >= 11 is 0. The van der Waals surface area contributed by atoms with Crippen molar-refractivity contribution in [3.63, 3.8) is 0 Å². The third kappa shape index (κ3) is 5.94.